The monoisotopic (exact) mass is 947 g/mol. The van der Waals surface area contributed by atoms with Crippen LogP contribution in [0.15, 0.2) is 291 Å². The predicted molar refractivity (Wildman–Crippen MR) is 320 cm³/mol. The maximum absolute atomic E-state index is 2.35. The van der Waals surface area contributed by atoms with Crippen molar-refractivity contribution in [2.75, 3.05) is 4.90 Å². The first-order chi connectivity index (χ1) is 36.5. The van der Waals surface area contributed by atoms with Gasteiger partial charge in [-0.05, 0) is 145 Å². The standard InChI is InChI=1S/C59H41N.2C7H8/c1-40-18-16-19-43(38-40)58-52-30-12-8-26-48(52)56(49-27-9-13-31-53(49)58)41-34-36-42(37-35-41)57-50-28-10-14-32-54(50)59(55-33-15-11-29-51(55)57)44-20-17-25-47(39-44)60(45-21-4-2-5-22-45)46-23-6-3-7-24-46;2*1-7-5-3-2-4-6-7/h2-39H,1H3;2*2-6H,1H3. The molecule has 0 fully saturated rings. The van der Waals surface area contributed by atoms with Crippen LogP contribution in [0.2, 0.25) is 0 Å². The van der Waals surface area contributed by atoms with Crippen molar-refractivity contribution in [1.82, 2.24) is 0 Å². The van der Waals surface area contributed by atoms with Crippen LogP contribution in [0, 0.1) is 20.8 Å². The Morgan fingerprint density at radius 3 is 0.757 bits per heavy atom. The molecule has 1 heteroatoms. The third-order valence-corrected chi connectivity index (χ3v) is 13.9. The van der Waals surface area contributed by atoms with E-state index in [2.05, 4.69) is 280 Å². The second-order valence-corrected chi connectivity index (χ2v) is 19.0. The quantitative estimate of drug-likeness (QED) is 0.144. The lowest BCUT2D eigenvalue weighted by Crippen LogP contribution is -2.09. The van der Waals surface area contributed by atoms with Gasteiger partial charge in [0.25, 0.3) is 0 Å². The van der Waals surface area contributed by atoms with E-state index >= 15 is 0 Å². The maximum Gasteiger partial charge on any atom is 0.0467 e. The summed E-state index contributed by atoms with van der Waals surface area (Å²) >= 11 is 0. The summed E-state index contributed by atoms with van der Waals surface area (Å²) in [6, 6.07) is 105. The van der Waals surface area contributed by atoms with Crippen LogP contribution in [0.3, 0.4) is 0 Å². The number of benzene rings is 13. The number of fused-ring (bicyclic) bond motifs is 4. The molecular weight excluding hydrogens is 891 g/mol. The fraction of sp³-hybridized carbons (Fsp3) is 0.0411. The minimum Gasteiger partial charge on any atom is -0.310 e. The highest BCUT2D eigenvalue weighted by atomic mass is 15.1. The van der Waals surface area contributed by atoms with E-state index in [0.29, 0.717) is 0 Å². The predicted octanol–water partition coefficient (Wildman–Crippen LogP) is 20.7. The molecule has 13 rings (SSSR count). The third-order valence-electron chi connectivity index (χ3n) is 13.9. The van der Waals surface area contributed by atoms with E-state index in [-0.39, 0.29) is 0 Å². The maximum atomic E-state index is 2.35. The van der Waals surface area contributed by atoms with Gasteiger partial charge in [0.2, 0.25) is 0 Å². The zero-order valence-electron chi connectivity index (χ0n) is 42.2. The fourth-order valence-corrected chi connectivity index (χ4v) is 10.6. The first-order valence-corrected chi connectivity index (χ1v) is 25.6. The molecule has 0 saturated heterocycles. The SMILES string of the molecule is Cc1cccc(-c2c3ccccc3c(-c3ccc(-c4c5ccccc5c(-c5cccc(N(c6ccccc6)c6ccccc6)c5)c5ccccc45)cc3)c3ccccc23)c1.Cc1ccccc1.Cc1ccccc1. The molecule has 1 nitrogen and oxygen atoms in total. The van der Waals surface area contributed by atoms with Crippen LogP contribution in [-0.4, -0.2) is 0 Å². The molecule has 13 aromatic rings. The summed E-state index contributed by atoms with van der Waals surface area (Å²) < 4.78 is 0. The van der Waals surface area contributed by atoms with Gasteiger partial charge in [0.15, 0.2) is 0 Å². The summed E-state index contributed by atoms with van der Waals surface area (Å²) in [7, 11) is 0. The van der Waals surface area contributed by atoms with Crippen molar-refractivity contribution in [3.05, 3.63) is 308 Å². The van der Waals surface area contributed by atoms with E-state index in [1.54, 1.807) is 0 Å². The van der Waals surface area contributed by atoms with Gasteiger partial charge in [0, 0.05) is 17.1 Å². The van der Waals surface area contributed by atoms with Crippen molar-refractivity contribution in [3.63, 3.8) is 0 Å². The van der Waals surface area contributed by atoms with E-state index < -0.39 is 0 Å². The molecule has 0 spiro atoms. The first kappa shape index (κ1) is 47.0. The Morgan fingerprint density at radius 2 is 0.446 bits per heavy atom. The van der Waals surface area contributed by atoms with Gasteiger partial charge >= 0.3 is 0 Å². The Labute approximate surface area is 435 Å². The second kappa shape index (κ2) is 21.6. The van der Waals surface area contributed by atoms with E-state index in [0.717, 1.165) is 17.1 Å². The van der Waals surface area contributed by atoms with Crippen LogP contribution in [0.4, 0.5) is 17.1 Å². The molecule has 0 bridgehead atoms. The van der Waals surface area contributed by atoms with Crippen LogP contribution in [0.5, 0.6) is 0 Å². The van der Waals surface area contributed by atoms with Crippen molar-refractivity contribution in [2.24, 2.45) is 0 Å². The first-order valence-electron chi connectivity index (χ1n) is 25.6. The molecule has 0 saturated carbocycles. The van der Waals surface area contributed by atoms with Crippen molar-refractivity contribution in [2.45, 2.75) is 20.8 Å². The average molecular weight is 948 g/mol. The van der Waals surface area contributed by atoms with Gasteiger partial charge in [0.1, 0.15) is 0 Å². The summed E-state index contributed by atoms with van der Waals surface area (Å²) in [5.41, 5.74) is 17.2. The molecule has 0 aromatic heterocycles. The number of hydrogen-bond donors (Lipinski definition) is 0. The molecule has 0 atom stereocenters. The zero-order valence-corrected chi connectivity index (χ0v) is 42.2. The minimum absolute atomic E-state index is 1.12. The van der Waals surface area contributed by atoms with Gasteiger partial charge in [-0.2, -0.15) is 0 Å². The third kappa shape index (κ3) is 9.72. The molecule has 13 aromatic carbocycles. The Kier molecular flexibility index (Phi) is 13.7. The minimum atomic E-state index is 1.12. The van der Waals surface area contributed by atoms with Crippen molar-refractivity contribution in [3.8, 4) is 44.5 Å². The smallest absolute Gasteiger partial charge is 0.0467 e. The van der Waals surface area contributed by atoms with Crippen molar-refractivity contribution < 1.29 is 0 Å². The Balaban J connectivity index is 0.000000365. The Bertz CT molecular complexity index is 3820. The summed E-state index contributed by atoms with van der Waals surface area (Å²) in [6.45, 7) is 6.34. The Morgan fingerprint density at radius 1 is 0.189 bits per heavy atom. The van der Waals surface area contributed by atoms with E-state index in [1.807, 2.05) is 36.4 Å². The zero-order chi connectivity index (χ0) is 50.2. The van der Waals surface area contributed by atoms with Gasteiger partial charge in [-0.15, -0.1) is 0 Å². The van der Waals surface area contributed by atoms with E-state index in [1.165, 1.54) is 104 Å². The topological polar surface area (TPSA) is 3.24 Å². The van der Waals surface area contributed by atoms with Gasteiger partial charge in [-0.3, -0.25) is 0 Å². The molecule has 0 N–H and O–H groups in total. The highest BCUT2D eigenvalue weighted by Gasteiger charge is 2.20. The average Bonchev–Trinajstić information content (AvgIpc) is 3.45. The number of rotatable bonds is 7. The highest BCUT2D eigenvalue weighted by molar-refractivity contribution is 6.23. The number of nitrogens with zero attached hydrogens (tertiary/aromatic N) is 1. The number of aryl methyl sites for hydroxylation is 3. The molecule has 0 aliphatic rings. The van der Waals surface area contributed by atoms with E-state index in [9.17, 15) is 0 Å². The molecule has 0 heterocycles. The van der Waals surface area contributed by atoms with E-state index in [4.69, 9.17) is 0 Å². The lowest BCUT2D eigenvalue weighted by atomic mass is 9.84. The Hall–Kier alpha value is -9.30. The molecule has 0 unspecified atom stereocenters. The van der Waals surface area contributed by atoms with Crippen molar-refractivity contribution >= 4 is 60.2 Å². The molecular formula is C73H57N. The van der Waals surface area contributed by atoms with Gasteiger partial charge in [-0.25, -0.2) is 0 Å². The number of anilines is 3. The van der Waals surface area contributed by atoms with Crippen LogP contribution < -0.4 is 4.90 Å². The normalized spacial score (nSPS) is 10.9. The lowest BCUT2D eigenvalue weighted by molar-refractivity contribution is 1.28. The molecule has 0 aliphatic carbocycles. The van der Waals surface area contributed by atoms with Gasteiger partial charge < -0.3 is 4.90 Å². The number of para-hydroxylation sites is 2. The van der Waals surface area contributed by atoms with Crippen molar-refractivity contribution in [1.29, 1.82) is 0 Å². The molecule has 74 heavy (non-hydrogen) atoms. The molecule has 0 aliphatic heterocycles. The fourth-order valence-electron chi connectivity index (χ4n) is 10.6. The molecule has 0 amide bonds. The summed E-state index contributed by atoms with van der Waals surface area (Å²) in [5.74, 6) is 0. The molecule has 354 valence electrons. The van der Waals surface area contributed by atoms with Crippen LogP contribution in [0.25, 0.3) is 87.6 Å². The number of hydrogen-bond acceptors (Lipinski definition) is 1. The lowest BCUT2D eigenvalue weighted by Gasteiger charge is -2.26. The molecule has 0 radical (unpaired) electrons. The van der Waals surface area contributed by atoms with Gasteiger partial charge in [0.05, 0.1) is 0 Å². The highest BCUT2D eigenvalue weighted by Crippen LogP contribution is 2.47. The second-order valence-electron chi connectivity index (χ2n) is 19.0. The van der Waals surface area contributed by atoms with Crippen LogP contribution in [0.1, 0.15) is 16.7 Å². The van der Waals surface area contributed by atoms with Crippen LogP contribution >= 0.6 is 0 Å². The van der Waals surface area contributed by atoms with Gasteiger partial charge in [-0.1, -0.05) is 271 Å². The van der Waals surface area contributed by atoms with Crippen LogP contribution in [-0.2, 0) is 0 Å². The largest absolute Gasteiger partial charge is 0.310 e. The summed E-state index contributed by atoms with van der Waals surface area (Å²) in [5, 5.41) is 10.0. The summed E-state index contributed by atoms with van der Waals surface area (Å²) in [4.78, 5) is 2.34. The summed E-state index contributed by atoms with van der Waals surface area (Å²) in [6.07, 6.45) is 0.